The second-order valence-corrected chi connectivity index (χ2v) is 4.17. The summed E-state index contributed by atoms with van der Waals surface area (Å²) in [7, 11) is 1.55. The van der Waals surface area contributed by atoms with Gasteiger partial charge in [0.25, 0.3) is 0 Å². The van der Waals surface area contributed by atoms with E-state index in [1.54, 1.807) is 7.05 Å². The Balaban J connectivity index is 2.86. The summed E-state index contributed by atoms with van der Waals surface area (Å²) in [4.78, 5) is 11.4. The van der Waals surface area contributed by atoms with E-state index < -0.39 is 0 Å². The van der Waals surface area contributed by atoms with E-state index in [4.69, 9.17) is 5.84 Å². The summed E-state index contributed by atoms with van der Waals surface area (Å²) >= 11 is 3.37. The van der Waals surface area contributed by atoms with Crippen molar-refractivity contribution in [3.8, 4) is 0 Å². The summed E-state index contributed by atoms with van der Waals surface area (Å²) < 4.78 is 0.977. The highest BCUT2D eigenvalue weighted by Gasteiger charge is 2.08. The number of hydrazine groups is 1. The number of aryl methyl sites for hydroxylation is 1. The molecule has 0 spiro atoms. The molecule has 0 saturated carbocycles. The monoisotopic (exact) mass is 256 g/mol. The molecule has 2 N–H and O–H groups in total. The molecular weight excluding hydrogens is 244 g/mol. The Morgan fingerprint density at radius 1 is 1.57 bits per heavy atom. The van der Waals surface area contributed by atoms with Crippen LogP contribution in [0, 0.1) is 6.92 Å². The van der Waals surface area contributed by atoms with Gasteiger partial charge >= 0.3 is 0 Å². The maximum atomic E-state index is 11.4. The van der Waals surface area contributed by atoms with Gasteiger partial charge in [0.15, 0.2) is 0 Å². The largest absolute Gasteiger partial charge is 0.284 e. The molecule has 0 unspecified atom stereocenters. The zero-order chi connectivity index (χ0) is 10.7. The first kappa shape index (κ1) is 11.2. The van der Waals surface area contributed by atoms with Gasteiger partial charge in [-0.2, -0.15) is 0 Å². The molecule has 0 bridgehead atoms. The molecule has 0 aromatic heterocycles. The van der Waals surface area contributed by atoms with Crippen LogP contribution >= 0.6 is 15.9 Å². The SMILES string of the molecule is Cc1ccc(Br)cc1CC(=O)N(C)N. The average molecular weight is 257 g/mol. The number of rotatable bonds is 2. The molecule has 1 rings (SSSR count). The predicted molar refractivity (Wildman–Crippen MR) is 59.5 cm³/mol. The fourth-order valence-corrected chi connectivity index (χ4v) is 1.53. The van der Waals surface area contributed by atoms with Gasteiger partial charge in [0.05, 0.1) is 6.42 Å². The van der Waals surface area contributed by atoms with Gasteiger partial charge in [-0.15, -0.1) is 0 Å². The number of hydrogen-bond donors (Lipinski definition) is 1. The maximum Gasteiger partial charge on any atom is 0.240 e. The standard InChI is InChI=1S/C10H13BrN2O/c1-7-3-4-9(11)5-8(7)6-10(14)13(2)12/h3-5H,6,12H2,1-2H3. The Morgan fingerprint density at radius 3 is 2.79 bits per heavy atom. The van der Waals surface area contributed by atoms with E-state index in [1.807, 2.05) is 25.1 Å². The highest BCUT2D eigenvalue weighted by Crippen LogP contribution is 2.16. The van der Waals surface area contributed by atoms with Crippen molar-refractivity contribution in [3.05, 3.63) is 33.8 Å². The van der Waals surface area contributed by atoms with Gasteiger partial charge in [0.2, 0.25) is 5.91 Å². The van der Waals surface area contributed by atoms with E-state index in [9.17, 15) is 4.79 Å². The third kappa shape index (κ3) is 2.82. The number of hydrogen-bond acceptors (Lipinski definition) is 2. The van der Waals surface area contributed by atoms with Gasteiger partial charge in [-0.25, -0.2) is 5.84 Å². The van der Waals surface area contributed by atoms with Gasteiger partial charge in [-0.05, 0) is 30.2 Å². The zero-order valence-corrected chi connectivity index (χ0v) is 9.84. The summed E-state index contributed by atoms with van der Waals surface area (Å²) in [6.45, 7) is 1.98. The van der Waals surface area contributed by atoms with Crippen LogP contribution in [-0.4, -0.2) is 18.0 Å². The molecule has 1 aromatic carbocycles. The highest BCUT2D eigenvalue weighted by atomic mass is 79.9. The zero-order valence-electron chi connectivity index (χ0n) is 8.25. The highest BCUT2D eigenvalue weighted by molar-refractivity contribution is 9.10. The summed E-state index contributed by atoms with van der Waals surface area (Å²) in [5.74, 6) is 5.25. The van der Waals surface area contributed by atoms with Crippen molar-refractivity contribution >= 4 is 21.8 Å². The smallest absolute Gasteiger partial charge is 0.240 e. The number of likely N-dealkylation sites (N-methyl/N-ethyl adjacent to an activating group) is 1. The van der Waals surface area contributed by atoms with Crippen molar-refractivity contribution in [1.29, 1.82) is 0 Å². The Bertz CT molecular complexity index is 350. The second kappa shape index (κ2) is 4.57. The molecular formula is C10H13BrN2O. The molecule has 4 heteroatoms. The van der Waals surface area contributed by atoms with Crippen molar-refractivity contribution in [1.82, 2.24) is 5.01 Å². The van der Waals surface area contributed by atoms with Crippen LogP contribution in [0.1, 0.15) is 11.1 Å². The fourth-order valence-electron chi connectivity index (χ4n) is 1.12. The number of nitrogens with two attached hydrogens (primary N) is 1. The number of nitrogens with zero attached hydrogens (tertiary/aromatic N) is 1. The average Bonchev–Trinajstić information content (AvgIpc) is 2.11. The molecule has 0 radical (unpaired) electrons. The third-order valence-corrected chi connectivity index (χ3v) is 2.54. The molecule has 0 heterocycles. The van der Waals surface area contributed by atoms with Crippen molar-refractivity contribution in [2.45, 2.75) is 13.3 Å². The quantitative estimate of drug-likeness (QED) is 0.497. The molecule has 0 aliphatic rings. The van der Waals surface area contributed by atoms with Crippen LogP contribution in [0.25, 0.3) is 0 Å². The van der Waals surface area contributed by atoms with Crippen molar-refractivity contribution in [2.75, 3.05) is 7.05 Å². The van der Waals surface area contributed by atoms with Crippen molar-refractivity contribution in [2.24, 2.45) is 5.84 Å². The topological polar surface area (TPSA) is 46.3 Å². The number of carbonyl (C=O) groups is 1. The van der Waals surface area contributed by atoms with Gasteiger partial charge in [-0.3, -0.25) is 9.80 Å². The van der Waals surface area contributed by atoms with E-state index in [1.165, 1.54) is 0 Å². The molecule has 3 nitrogen and oxygen atoms in total. The van der Waals surface area contributed by atoms with Gasteiger partial charge in [0, 0.05) is 11.5 Å². The lowest BCUT2D eigenvalue weighted by Crippen LogP contribution is -2.34. The minimum Gasteiger partial charge on any atom is -0.284 e. The number of carbonyl (C=O) groups excluding carboxylic acids is 1. The van der Waals surface area contributed by atoms with Gasteiger partial charge in [0.1, 0.15) is 0 Å². The predicted octanol–water partition coefficient (Wildman–Crippen LogP) is 1.63. The van der Waals surface area contributed by atoms with Crippen LogP contribution in [0.15, 0.2) is 22.7 Å². The summed E-state index contributed by atoms with van der Waals surface area (Å²) in [5, 5.41) is 1.11. The summed E-state index contributed by atoms with van der Waals surface area (Å²) in [6.07, 6.45) is 0.346. The Hall–Kier alpha value is -0.870. The lowest BCUT2D eigenvalue weighted by molar-refractivity contribution is -0.129. The van der Waals surface area contributed by atoms with Crippen LogP contribution in [0.2, 0.25) is 0 Å². The number of benzene rings is 1. The fraction of sp³-hybridized carbons (Fsp3) is 0.300. The van der Waals surface area contributed by atoms with E-state index in [0.717, 1.165) is 20.6 Å². The van der Waals surface area contributed by atoms with Crippen LogP contribution in [0.4, 0.5) is 0 Å². The lowest BCUT2D eigenvalue weighted by Gasteiger charge is -2.11. The van der Waals surface area contributed by atoms with Gasteiger partial charge in [-0.1, -0.05) is 22.0 Å². The second-order valence-electron chi connectivity index (χ2n) is 3.25. The van der Waals surface area contributed by atoms with Crippen molar-refractivity contribution < 1.29 is 4.79 Å². The maximum absolute atomic E-state index is 11.4. The summed E-state index contributed by atoms with van der Waals surface area (Å²) in [6, 6.07) is 5.87. The van der Waals surface area contributed by atoms with Crippen LogP contribution in [-0.2, 0) is 11.2 Å². The van der Waals surface area contributed by atoms with E-state index in [-0.39, 0.29) is 5.91 Å². The molecule has 0 aliphatic carbocycles. The molecule has 14 heavy (non-hydrogen) atoms. The molecule has 1 aromatic rings. The molecule has 0 fully saturated rings. The van der Waals surface area contributed by atoms with E-state index in [2.05, 4.69) is 15.9 Å². The number of halogens is 1. The molecule has 0 saturated heterocycles. The first-order chi connectivity index (χ1) is 6.50. The Morgan fingerprint density at radius 2 is 2.21 bits per heavy atom. The van der Waals surface area contributed by atoms with Crippen LogP contribution in [0.5, 0.6) is 0 Å². The number of amides is 1. The first-order valence-electron chi connectivity index (χ1n) is 4.27. The van der Waals surface area contributed by atoms with E-state index >= 15 is 0 Å². The molecule has 76 valence electrons. The van der Waals surface area contributed by atoms with Crippen LogP contribution in [0.3, 0.4) is 0 Å². The third-order valence-electron chi connectivity index (χ3n) is 2.05. The van der Waals surface area contributed by atoms with Crippen LogP contribution < -0.4 is 5.84 Å². The Kier molecular flexibility index (Phi) is 3.66. The van der Waals surface area contributed by atoms with Gasteiger partial charge < -0.3 is 0 Å². The Labute approximate surface area is 92.0 Å². The van der Waals surface area contributed by atoms with E-state index in [0.29, 0.717) is 6.42 Å². The lowest BCUT2D eigenvalue weighted by atomic mass is 10.1. The summed E-state index contributed by atoms with van der Waals surface area (Å²) in [5.41, 5.74) is 2.10. The molecule has 0 aliphatic heterocycles. The molecule has 0 atom stereocenters. The van der Waals surface area contributed by atoms with Crippen molar-refractivity contribution in [3.63, 3.8) is 0 Å². The minimum absolute atomic E-state index is 0.0915. The molecule has 1 amide bonds. The first-order valence-corrected chi connectivity index (χ1v) is 5.06. The minimum atomic E-state index is -0.0915. The normalized spacial score (nSPS) is 10.0.